The summed E-state index contributed by atoms with van der Waals surface area (Å²) in [7, 11) is 0. The van der Waals surface area contributed by atoms with Crippen molar-refractivity contribution in [1.29, 1.82) is 0 Å². The SMILES string of the molecule is O=C(/C=C/c1nc2ccccc2o1)O[C@@H](C(=O)Nc1ccc(F)cc1)c1ccccc1. The highest BCUT2D eigenvalue weighted by molar-refractivity contribution is 5.97. The Hall–Kier alpha value is -4.26. The molecular weight excluding hydrogens is 399 g/mol. The third-order valence-electron chi connectivity index (χ3n) is 4.36. The summed E-state index contributed by atoms with van der Waals surface area (Å²) in [6, 6.07) is 21.1. The number of fused-ring (bicyclic) bond motifs is 1. The molecule has 1 atom stereocenters. The fourth-order valence-electron chi connectivity index (χ4n) is 2.90. The van der Waals surface area contributed by atoms with Gasteiger partial charge in [-0.15, -0.1) is 0 Å². The topological polar surface area (TPSA) is 81.4 Å². The highest BCUT2D eigenvalue weighted by atomic mass is 19.1. The van der Waals surface area contributed by atoms with E-state index in [1.54, 1.807) is 42.5 Å². The molecule has 4 aromatic rings. The first kappa shape index (κ1) is 20.0. The molecule has 0 aliphatic heterocycles. The molecule has 3 aromatic carbocycles. The highest BCUT2D eigenvalue weighted by Gasteiger charge is 2.24. The number of hydrogen-bond acceptors (Lipinski definition) is 5. The summed E-state index contributed by atoms with van der Waals surface area (Å²) in [5.74, 6) is -1.50. The van der Waals surface area contributed by atoms with Gasteiger partial charge in [-0.1, -0.05) is 42.5 Å². The average Bonchev–Trinajstić information content (AvgIpc) is 3.21. The first-order valence-electron chi connectivity index (χ1n) is 9.44. The van der Waals surface area contributed by atoms with Gasteiger partial charge >= 0.3 is 5.97 Å². The Bertz CT molecular complexity index is 1200. The molecule has 1 N–H and O–H groups in total. The summed E-state index contributed by atoms with van der Waals surface area (Å²) >= 11 is 0. The lowest BCUT2D eigenvalue weighted by Gasteiger charge is -2.17. The molecule has 31 heavy (non-hydrogen) atoms. The highest BCUT2D eigenvalue weighted by Crippen LogP contribution is 2.21. The van der Waals surface area contributed by atoms with Crippen LogP contribution in [0.25, 0.3) is 17.2 Å². The van der Waals surface area contributed by atoms with Crippen molar-refractivity contribution in [2.75, 3.05) is 5.32 Å². The zero-order chi connectivity index (χ0) is 21.6. The van der Waals surface area contributed by atoms with Crippen LogP contribution in [-0.2, 0) is 14.3 Å². The van der Waals surface area contributed by atoms with E-state index >= 15 is 0 Å². The Labute approximate surface area is 177 Å². The van der Waals surface area contributed by atoms with E-state index in [1.165, 1.54) is 30.3 Å². The second-order valence-electron chi connectivity index (χ2n) is 6.58. The third-order valence-corrected chi connectivity index (χ3v) is 4.36. The third kappa shape index (κ3) is 5.02. The van der Waals surface area contributed by atoms with Crippen LogP contribution < -0.4 is 5.32 Å². The molecule has 0 bridgehead atoms. The van der Waals surface area contributed by atoms with Crippen LogP contribution in [0.4, 0.5) is 10.1 Å². The minimum atomic E-state index is -1.20. The molecule has 1 amide bonds. The number of para-hydroxylation sites is 2. The summed E-state index contributed by atoms with van der Waals surface area (Å²) < 4.78 is 24.0. The monoisotopic (exact) mass is 416 g/mol. The van der Waals surface area contributed by atoms with Crippen molar-refractivity contribution in [2.45, 2.75) is 6.10 Å². The fraction of sp³-hybridized carbons (Fsp3) is 0.0417. The Kier molecular flexibility index (Phi) is 5.84. The van der Waals surface area contributed by atoms with Gasteiger partial charge in [0.2, 0.25) is 12.0 Å². The molecule has 7 heteroatoms. The number of nitrogens with one attached hydrogen (secondary N) is 1. The van der Waals surface area contributed by atoms with Crippen molar-refractivity contribution < 1.29 is 23.1 Å². The van der Waals surface area contributed by atoms with E-state index in [0.717, 1.165) is 6.08 Å². The van der Waals surface area contributed by atoms with Crippen molar-refractivity contribution in [3.63, 3.8) is 0 Å². The number of hydrogen-bond donors (Lipinski definition) is 1. The largest absolute Gasteiger partial charge is 0.444 e. The van der Waals surface area contributed by atoms with Gasteiger partial charge in [-0.3, -0.25) is 4.79 Å². The van der Waals surface area contributed by atoms with Crippen molar-refractivity contribution in [3.05, 3.63) is 102 Å². The van der Waals surface area contributed by atoms with E-state index in [4.69, 9.17) is 9.15 Å². The van der Waals surface area contributed by atoms with Gasteiger partial charge in [0.05, 0.1) is 0 Å². The van der Waals surface area contributed by atoms with Crippen LogP contribution in [0.1, 0.15) is 17.6 Å². The Morgan fingerprint density at radius 2 is 1.68 bits per heavy atom. The average molecular weight is 416 g/mol. The number of aromatic nitrogens is 1. The van der Waals surface area contributed by atoms with Crippen molar-refractivity contribution in [3.8, 4) is 0 Å². The number of carbonyl (C=O) groups excluding carboxylic acids is 2. The molecule has 0 aliphatic rings. The first-order valence-corrected chi connectivity index (χ1v) is 9.44. The molecule has 0 unspecified atom stereocenters. The second kappa shape index (κ2) is 9.04. The van der Waals surface area contributed by atoms with E-state index in [-0.39, 0.29) is 5.89 Å². The number of ether oxygens (including phenoxy) is 1. The molecule has 0 saturated heterocycles. The van der Waals surface area contributed by atoms with Gasteiger partial charge in [0.15, 0.2) is 5.58 Å². The van der Waals surface area contributed by atoms with E-state index in [0.29, 0.717) is 22.4 Å². The number of amides is 1. The van der Waals surface area contributed by atoms with Gasteiger partial charge in [0.1, 0.15) is 11.3 Å². The lowest BCUT2D eigenvalue weighted by atomic mass is 10.1. The molecule has 4 rings (SSSR count). The maximum Gasteiger partial charge on any atom is 0.332 e. The van der Waals surface area contributed by atoms with Gasteiger partial charge in [-0.25, -0.2) is 14.2 Å². The minimum absolute atomic E-state index is 0.241. The van der Waals surface area contributed by atoms with Crippen molar-refractivity contribution in [2.24, 2.45) is 0 Å². The van der Waals surface area contributed by atoms with Crippen LogP contribution in [0.2, 0.25) is 0 Å². The van der Waals surface area contributed by atoms with Gasteiger partial charge in [0.25, 0.3) is 5.91 Å². The molecule has 0 aliphatic carbocycles. The van der Waals surface area contributed by atoms with E-state index < -0.39 is 23.8 Å². The van der Waals surface area contributed by atoms with Crippen molar-refractivity contribution >= 4 is 34.7 Å². The quantitative estimate of drug-likeness (QED) is 0.357. The number of benzene rings is 3. The van der Waals surface area contributed by atoms with Crippen molar-refractivity contribution in [1.82, 2.24) is 4.98 Å². The molecule has 1 heterocycles. The number of anilines is 1. The minimum Gasteiger partial charge on any atom is -0.444 e. The molecule has 0 fully saturated rings. The van der Waals surface area contributed by atoms with Crippen LogP contribution in [0.5, 0.6) is 0 Å². The molecule has 6 nitrogen and oxygen atoms in total. The van der Waals surface area contributed by atoms with E-state index in [2.05, 4.69) is 10.3 Å². The van der Waals surface area contributed by atoms with Crippen LogP contribution in [0, 0.1) is 5.82 Å². The molecule has 0 radical (unpaired) electrons. The number of esters is 1. The maximum atomic E-state index is 13.1. The zero-order valence-corrected chi connectivity index (χ0v) is 16.2. The maximum absolute atomic E-state index is 13.1. The number of oxazole rings is 1. The van der Waals surface area contributed by atoms with Crippen LogP contribution in [0.3, 0.4) is 0 Å². The lowest BCUT2D eigenvalue weighted by Crippen LogP contribution is -2.25. The fourth-order valence-corrected chi connectivity index (χ4v) is 2.90. The summed E-state index contributed by atoms with van der Waals surface area (Å²) in [5, 5.41) is 2.63. The standard InChI is InChI=1S/C24H17FN2O4/c25-17-10-12-18(13-11-17)26-24(29)23(16-6-2-1-3-7-16)31-22(28)15-14-21-27-19-8-4-5-9-20(19)30-21/h1-15,23H,(H,26,29)/b15-14+/t23-/m1/s1. The van der Waals surface area contributed by atoms with Gasteiger partial charge in [0, 0.05) is 23.4 Å². The van der Waals surface area contributed by atoms with Gasteiger partial charge in [-0.2, -0.15) is 0 Å². The molecule has 0 saturated carbocycles. The van der Waals surface area contributed by atoms with Crippen LogP contribution in [0.15, 0.2) is 89.4 Å². The number of carbonyl (C=O) groups is 2. The van der Waals surface area contributed by atoms with Crippen LogP contribution in [-0.4, -0.2) is 16.9 Å². The second-order valence-corrected chi connectivity index (χ2v) is 6.58. The normalized spacial score (nSPS) is 12.0. The lowest BCUT2D eigenvalue weighted by molar-refractivity contribution is -0.149. The van der Waals surface area contributed by atoms with Gasteiger partial charge < -0.3 is 14.5 Å². The number of halogens is 1. The molecule has 0 spiro atoms. The zero-order valence-electron chi connectivity index (χ0n) is 16.2. The summed E-state index contributed by atoms with van der Waals surface area (Å²) in [5.41, 5.74) is 2.13. The number of rotatable bonds is 6. The molecular formula is C24H17FN2O4. The Balaban J connectivity index is 1.50. The summed E-state index contributed by atoms with van der Waals surface area (Å²) in [6.07, 6.45) is 1.32. The van der Waals surface area contributed by atoms with Crippen LogP contribution >= 0.6 is 0 Å². The summed E-state index contributed by atoms with van der Waals surface area (Å²) in [6.45, 7) is 0. The molecule has 154 valence electrons. The Morgan fingerprint density at radius 3 is 2.42 bits per heavy atom. The summed E-state index contributed by atoms with van der Waals surface area (Å²) in [4.78, 5) is 29.4. The predicted octanol–water partition coefficient (Wildman–Crippen LogP) is 4.90. The smallest absolute Gasteiger partial charge is 0.332 e. The van der Waals surface area contributed by atoms with E-state index in [1.807, 2.05) is 12.1 Å². The number of nitrogens with zero attached hydrogens (tertiary/aromatic N) is 1. The molecule has 1 aromatic heterocycles. The van der Waals surface area contributed by atoms with Gasteiger partial charge in [-0.05, 0) is 36.4 Å². The first-order chi connectivity index (χ1) is 15.1. The predicted molar refractivity (Wildman–Crippen MR) is 113 cm³/mol. The van der Waals surface area contributed by atoms with E-state index in [9.17, 15) is 14.0 Å². The Morgan fingerprint density at radius 1 is 0.968 bits per heavy atom.